The molecule has 2 aromatic carbocycles. The van der Waals surface area contributed by atoms with Gasteiger partial charge in [-0.05, 0) is 49.1 Å². The van der Waals surface area contributed by atoms with Crippen molar-refractivity contribution in [3.8, 4) is 11.5 Å². The van der Waals surface area contributed by atoms with Crippen molar-refractivity contribution in [2.24, 2.45) is 0 Å². The molecule has 2 heterocycles. The van der Waals surface area contributed by atoms with E-state index in [2.05, 4.69) is 5.32 Å². The molecule has 1 fully saturated rings. The molecule has 0 aromatic heterocycles. The second-order valence-corrected chi connectivity index (χ2v) is 10.4. The zero-order valence-corrected chi connectivity index (χ0v) is 22.8. The third-order valence-corrected chi connectivity index (χ3v) is 7.52. The molecule has 3 N–H and O–H groups in total. The number of benzene rings is 2. The van der Waals surface area contributed by atoms with Gasteiger partial charge in [0.25, 0.3) is 0 Å². The molecule has 0 spiro atoms. The van der Waals surface area contributed by atoms with Crippen LogP contribution in [0.5, 0.6) is 11.5 Å². The first-order valence-corrected chi connectivity index (χ1v) is 13.5. The van der Waals surface area contributed by atoms with E-state index in [1.165, 1.54) is 11.9 Å². The number of carbonyl (C=O) groups is 1. The third-order valence-electron chi connectivity index (χ3n) is 7.52. The SMILES string of the molecule is CN(CCc1cc(C(F)(F)F)cc(C(F)(F)F)c1)C(=O)[C@H](c1cccc2c1OCO2)N1CCC(NC(CO)CO)CC1. The molecule has 232 valence electrons. The number of halogens is 6. The molecular weight excluding hydrogens is 572 g/mol. The van der Waals surface area contributed by atoms with Crippen LogP contribution in [0.15, 0.2) is 36.4 Å². The summed E-state index contributed by atoms with van der Waals surface area (Å²) in [4.78, 5) is 17.1. The molecule has 2 aliphatic heterocycles. The summed E-state index contributed by atoms with van der Waals surface area (Å²) >= 11 is 0. The molecule has 1 amide bonds. The molecule has 0 bridgehead atoms. The lowest BCUT2D eigenvalue weighted by atomic mass is 9.96. The van der Waals surface area contributed by atoms with Gasteiger partial charge in [0.15, 0.2) is 11.5 Å². The fraction of sp³-hybridized carbons (Fsp3) is 0.536. The largest absolute Gasteiger partial charge is 0.454 e. The van der Waals surface area contributed by atoms with Crippen LogP contribution in [0.1, 0.15) is 41.1 Å². The topological polar surface area (TPSA) is 94.5 Å². The van der Waals surface area contributed by atoms with E-state index < -0.39 is 41.5 Å². The van der Waals surface area contributed by atoms with Crippen LogP contribution >= 0.6 is 0 Å². The normalized spacial score (nSPS) is 17.1. The van der Waals surface area contributed by atoms with E-state index in [9.17, 15) is 41.4 Å². The average molecular weight is 606 g/mol. The first kappa shape index (κ1) is 31.9. The Labute approximate surface area is 238 Å². The number of likely N-dealkylation sites (N-methyl/N-ethyl adjacent to an activating group) is 1. The zero-order valence-electron chi connectivity index (χ0n) is 22.8. The van der Waals surface area contributed by atoms with Crippen LogP contribution in [0.25, 0.3) is 0 Å². The Morgan fingerprint density at radius 2 is 1.64 bits per heavy atom. The number of aliphatic hydroxyl groups excluding tert-OH is 2. The molecule has 0 saturated carbocycles. The maximum atomic E-state index is 13.9. The fourth-order valence-electron chi connectivity index (χ4n) is 5.25. The number of hydrogen-bond donors (Lipinski definition) is 3. The van der Waals surface area contributed by atoms with Crippen LogP contribution in [0, 0.1) is 0 Å². The monoisotopic (exact) mass is 605 g/mol. The van der Waals surface area contributed by atoms with Crippen molar-refractivity contribution in [1.82, 2.24) is 15.1 Å². The van der Waals surface area contributed by atoms with Gasteiger partial charge in [0.1, 0.15) is 6.04 Å². The number of alkyl halides is 6. The number of ether oxygens (including phenoxy) is 2. The number of aliphatic hydroxyl groups is 2. The summed E-state index contributed by atoms with van der Waals surface area (Å²) in [6, 6.07) is 5.22. The standard InChI is InChI=1S/C28H33F6N3O5/c1-36(8-5-17-11-18(27(29,30)31)13-19(12-17)28(32,33)34)26(40)24(22-3-2-4-23-25(22)42-16-41-23)37-9-6-20(7-10-37)35-21(14-38)15-39/h2-4,11-13,20-21,24,35,38-39H,5-10,14-16H2,1H3/t24-/m0/s1. The smallest absolute Gasteiger partial charge is 0.416 e. The number of nitrogens with zero attached hydrogens (tertiary/aromatic N) is 2. The Balaban J connectivity index is 1.55. The molecule has 0 unspecified atom stereocenters. The molecule has 1 saturated heterocycles. The number of hydrogen-bond acceptors (Lipinski definition) is 7. The van der Waals surface area contributed by atoms with E-state index in [0.717, 1.165) is 0 Å². The molecule has 2 aromatic rings. The highest BCUT2D eigenvalue weighted by molar-refractivity contribution is 5.84. The van der Waals surface area contributed by atoms with E-state index in [1.54, 1.807) is 18.2 Å². The minimum absolute atomic E-state index is 0.0103. The van der Waals surface area contributed by atoms with E-state index in [4.69, 9.17) is 9.47 Å². The molecule has 8 nitrogen and oxygen atoms in total. The molecule has 2 aliphatic rings. The average Bonchev–Trinajstić information content (AvgIpc) is 3.44. The number of likely N-dealkylation sites (tertiary alicyclic amines) is 1. The van der Waals surface area contributed by atoms with Gasteiger partial charge in [-0.2, -0.15) is 26.3 Å². The second-order valence-electron chi connectivity index (χ2n) is 10.4. The maximum Gasteiger partial charge on any atom is 0.416 e. The molecule has 4 rings (SSSR count). The Hall–Kier alpha value is -3.07. The minimum atomic E-state index is -4.96. The van der Waals surface area contributed by atoms with Gasteiger partial charge in [0, 0.05) is 38.3 Å². The van der Waals surface area contributed by atoms with Gasteiger partial charge >= 0.3 is 12.4 Å². The van der Waals surface area contributed by atoms with Crippen molar-refractivity contribution in [3.63, 3.8) is 0 Å². The lowest BCUT2D eigenvalue weighted by molar-refractivity contribution is -0.143. The second kappa shape index (κ2) is 13.1. The summed E-state index contributed by atoms with van der Waals surface area (Å²) in [6.07, 6.45) is -8.96. The van der Waals surface area contributed by atoms with Crippen LogP contribution in [-0.4, -0.2) is 84.7 Å². The summed E-state index contributed by atoms with van der Waals surface area (Å²) in [5, 5.41) is 22.0. The first-order valence-electron chi connectivity index (χ1n) is 13.5. The Morgan fingerprint density at radius 1 is 1.02 bits per heavy atom. The molecule has 42 heavy (non-hydrogen) atoms. The van der Waals surface area contributed by atoms with Gasteiger partial charge in [-0.3, -0.25) is 9.69 Å². The van der Waals surface area contributed by atoms with Crippen molar-refractivity contribution in [2.75, 3.05) is 46.7 Å². The highest BCUT2D eigenvalue weighted by Gasteiger charge is 2.38. The van der Waals surface area contributed by atoms with Crippen LogP contribution in [-0.2, 0) is 23.6 Å². The Kier molecular flexibility index (Phi) is 9.91. The van der Waals surface area contributed by atoms with Crippen LogP contribution in [0.4, 0.5) is 26.3 Å². The molecule has 0 aliphatic carbocycles. The van der Waals surface area contributed by atoms with Gasteiger partial charge in [0.2, 0.25) is 12.7 Å². The van der Waals surface area contributed by atoms with Crippen LogP contribution in [0.2, 0.25) is 0 Å². The van der Waals surface area contributed by atoms with E-state index >= 15 is 0 Å². The quantitative estimate of drug-likeness (QED) is 0.357. The van der Waals surface area contributed by atoms with Crippen LogP contribution in [0.3, 0.4) is 0 Å². The Morgan fingerprint density at radius 3 is 2.21 bits per heavy atom. The lowest BCUT2D eigenvalue weighted by Gasteiger charge is -2.39. The molecule has 0 radical (unpaired) electrons. The number of rotatable bonds is 10. The number of nitrogens with one attached hydrogen (secondary N) is 1. The van der Waals surface area contributed by atoms with Gasteiger partial charge in [0.05, 0.1) is 30.4 Å². The summed E-state index contributed by atoms with van der Waals surface area (Å²) in [5.41, 5.74) is -2.47. The highest BCUT2D eigenvalue weighted by Crippen LogP contribution is 2.42. The number of carbonyl (C=O) groups excluding carboxylic acids is 1. The zero-order chi connectivity index (χ0) is 30.7. The van der Waals surface area contributed by atoms with Gasteiger partial charge in [-0.15, -0.1) is 0 Å². The molecule has 1 atom stereocenters. The summed E-state index contributed by atoms with van der Waals surface area (Å²) < 4.78 is 91.1. The number of amides is 1. The lowest BCUT2D eigenvalue weighted by Crippen LogP contribution is -2.51. The van der Waals surface area contributed by atoms with Gasteiger partial charge in [-0.1, -0.05) is 12.1 Å². The number of piperidine rings is 1. The van der Waals surface area contributed by atoms with E-state index in [-0.39, 0.29) is 50.6 Å². The molecule has 14 heteroatoms. The van der Waals surface area contributed by atoms with Crippen molar-refractivity contribution in [3.05, 3.63) is 58.7 Å². The summed E-state index contributed by atoms with van der Waals surface area (Å²) in [6.45, 7) is 0.291. The highest BCUT2D eigenvalue weighted by atomic mass is 19.4. The third kappa shape index (κ3) is 7.46. The minimum Gasteiger partial charge on any atom is -0.454 e. The number of fused-ring (bicyclic) bond motifs is 1. The van der Waals surface area contributed by atoms with Crippen molar-refractivity contribution < 1.29 is 50.8 Å². The van der Waals surface area contributed by atoms with Crippen molar-refractivity contribution in [1.29, 1.82) is 0 Å². The molecular formula is C28H33F6N3O5. The van der Waals surface area contributed by atoms with E-state index in [1.807, 2.05) is 4.90 Å². The fourth-order valence-corrected chi connectivity index (χ4v) is 5.25. The van der Waals surface area contributed by atoms with Crippen molar-refractivity contribution in [2.45, 2.75) is 49.7 Å². The first-order chi connectivity index (χ1) is 19.8. The Bertz CT molecular complexity index is 1200. The summed E-state index contributed by atoms with van der Waals surface area (Å²) in [5.74, 6) is 0.455. The summed E-state index contributed by atoms with van der Waals surface area (Å²) in [7, 11) is 1.45. The predicted molar refractivity (Wildman–Crippen MR) is 139 cm³/mol. The van der Waals surface area contributed by atoms with E-state index in [0.29, 0.717) is 55.1 Å². The van der Waals surface area contributed by atoms with Gasteiger partial charge in [-0.25, -0.2) is 0 Å². The predicted octanol–water partition coefficient (Wildman–Crippen LogP) is 3.60. The van der Waals surface area contributed by atoms with Gasteiger partial charge < -0.3 is 29.9 Å². The maximum absolute atomic E-state index is 13.9. The van der Waals surface area contributed by atoms with Crippen LogP contribution < -0.4 is 14.8 Å². The van der Waals surface area contributed by atoms with Crippen molar-refractivity contribution >= 4 is 5.91 Å². The number of para-hydroxylation sites is 1.